The van der Waals surface area contributed by atoms with Crippen LogP contribution >= 0.6 is 0 Å². The van der Waals surface area contributed by atoms with Gasteiger partial charge in [-0.2, -0.15) is 0 Å². The van der Waals surface area contributed by atoms with Gasteiger partial charge in [0.05, 0.1) is 12.8 Å². The minimum Gasteiger partial charge on any atom is -0.481 e. The van der Waals surface area contributed by atoms with Gasteiger partial charge in [0.25, 0.3) is 0 Å². The summed E-state index contributed by atoms with van der Waals surface area (Å²) in [6.45, 7) is 4.81. The van der Waals surface area contributed by atoms with Crippen molar-refractivity contribution < 1.29 is 4.74 Å². The molecular weight excluding hydrogens is 266 g/mol. The van der Waals surface area contributed by atoms with E-state index >= 15 is 0 Å². The lowest BCUT2D eigenvalue weighted by Crippen LogP contribution is -2.46. The monoisotopic (exact) mass is 285 g/mol. The van der Waals surface area contributed by atoms with Crippen LogP contribution in [0.5, 0.6) is 5.88 Å². The molecule has 0 aromatic carbocycles. The molecule has 2 aromatic heterocycles. The third-order valence-electron chi connectivity index (χ3n) is 3.64. The van der Waals surface area contributed by atoms with E-state index in [1.54, 1.807) is 13.4 Å². The molecule has 1 aliphatic rings. The Bertz CT molecular complexity index is 569. The highest BCUT2D eigenvalue weighted by Crippen LogP contribution is 2.17. The number of rotatable bonds is 4. The van der Waals surface area contributed by atoms with Crippen LogP contribution in [0.2, 0.25) is 0 Å². The van der Waals surface area contributed by atoms with E-state index in [0.717, 1.165) is 44.2 Å². The maximum Gasteiger partial charge on any atom is 0.218 e. The number of hydrogen-bond donors (Lipinski definition) is 0. The largest absolute Gasteiger partial charge is 0.481 e. The zero-order chi connectivity index (χ0) is 14.5. The van der Waals surface area contributed by atoms with Gasteiger partial charge in [-0.25, -0.2) is 9.97 Å². The highest BCUT2D eigenvalue weighted by atomic mass is 16.5. The van der Waals surface area contributed by atoms with Crippen molar-refractivity contribution in [1.82, 2.24) is 19.9 Å². The van der Waals surface area contributed by atoms with E-state index in [1.165, 1.54) is 0 Å². The number of pyridine rings is 1. The molecule has 3 rings (SSSR count). The topological polar surface area (TPSA) is 54.4 Å². The zero-order valence-corrected chi connectivity index (χ0v) is 12.1. The van der Waals surface area contributed by atoms with Gasteiger partial charge in [-0.3, -0.25) is 9.88 Å². The van der Waals surface area contributed by atoms with Crippen LogP contribution in [-0.2, 0) is 6.54 Å². The molecule has 0 unspecified atom stereocenters. The highest BCUT2D eigenvalue weighted by Gasteiger charge is 2.18. The van der Waals surface area contributed by atoms with Crippen LogP contribution < -0.4 is 9.64 Å². The molecule has 1 fully saturated rings. The van der Waals surface area contributed by atoms with Crippen molar-refractivity contribution in [3.63, 3.8) is 0 Å². The van der Waals surface area contributed by atoms with Gasteiger partial charge in [-0.1, -0.05) is 6.07 Å². The van der Waals surface area contributed by atoms with Crippen molar-refractivity contribution >= 4 is 5.82 Å². The van der Waals surface area contributed by atoms with E-state index in [-0.39, 0.29) is 0 Å². The number of anilines is 1. The van der Waals surface area contributed by atoms with Crippen molar-refractivity contribution in [2.75, 3.05) is 38.2 Å². The molecule has 0 spiro atoms. The normalized spacial score (nSPS) is 16.0. The third-order valence-corrected chi connectivity index (χ3v) is 3.64. The third kappa shape index (κ3) is 3.46. The Morgan fingerprint density at radius 1 is 1.10 bits per heavy atom. The smallest absolute Gasteiger partial charge is 0.218 e. The average Bonchev–Trinajstić information content (AvgIpc) is 2.56. The second-order valence-electron chi connectivity index (χ2n) is 5.00. The lowest BCUT2D eigenvalue weighted by atomic mass is 10.2. The molecule has 2 aromatic rings. The van der Waals surface area contributed by atoms with Gasteiger partial charge in [-0.15, -0.1) is 0 Å². The summed E-state index contributed by atoms with van der Waals surface area (Å²) in [5, 5.41) is 0. The Morgan fingerprint density at radius 2 is 1.95 bits per heavy atom. The Morgan fingerprint density at radius 3 is 2.67 bits per heavy atom. The number of methoxy groups -OCH3 is 1. The van der Waals surface area contributed by atoms with Gasteiger partial charge < -0.3 is 9.64 Å². The average molecular weight is 285 g/mol. The van der Waals surface area contributed by atoms with E-state index < -0.39 is 0 Å². The molecule has 110 valence electrons. The Balaban J connectivity index is 1.57. The molecule has 0 saturated carbocycles. The number of aromatic nitrogens is 3. The van der Waals surface area contributed by atoms with Crippen LogP contribution in [0.3, 0.4) is 0 Å². The van der Waals surface area contributed by atoms with Crippen molar-refractivity contribution in [2.45, 2.75) is 6.54 Å². The van der Waals surface area contributed by atoms with Crippen molar-refractivity contribution in [3.8, 4) is 5.88 Å². The molecule has 6 nitrogen and oxygen atoms in total. The fourth-order valence-corrected chi connectivity index (χ4v) is 2.47. The Kier molecular flexibility index (Phi) is 4.25. The Labute approximate surface area is 124 Å². The van der Waals surface area contributed by atoms with Crippen molar-refractivity contribution in [3.05, 3.63) is 42.5 Å². The molecule has 3 heterocycles. The van der Waals surface area contributed by atoms with Crippen LogP contribution in [0.1, 0.15) is 5.69 Å². The van der Waals surface area contributed by atoms with Crippen molar-refractivity contribution in [2.24, 2.45) is 0 Å². The molecule has 0 atom stereocenters. The van der Waals surface area contributed by atoms with Gasteiger partial charge in [0, 0.05) is 45.0 Å². The van der Waals surface area contributed by atoms with Crippen LogP contribution in [0.25, 0.3) is 0 Å². The second-order valence-corrected chi connectivity index (χ2v) is 5.00. The van der Waals surface area contributed by atoms with E-state index in [0.29, 0.717) is 5.88 Å². The van der Waals surface area contributed by atoms with Crippen LogP contribution in [0, 0.1) is 0 Å². The summed E-state index contributed by atoms with van der Waals surface area (Å²) < 4.78 is 5.15. The number of hydrogen-bond acceptors (Lipinski definition) is 6. The lowest BCUT2D eigenvalue weighted by molar-refractivity contribution is 0.246. The minimum atomic E-state index is 0.607. The summed E-state index contributed by atoms with van der Waals surface area (Å²) in [7, 11) is 1.62. The van der Waals surface area contributed by atoms with E-state index in [4.69, 9.17) is 4.74 Å². The Hall–Kier alpha value is -2.21. The van der Waals surface area contributed by atoms with Crippen molar-refractivity contribution in [1.29, 1.82) is 0 Å². The SMILES string of the molecule is COc1cc(N2CCN(Cc3ccccn3)CC2)ncn1. The first-order chi connectivity index (χ1) is 10.3. The molecule has 0 amide bonds. The van der Waals surface area contributed by atoms with Crippen LogP contribution in [0.4, 0.5) is 5.82 Å². The van der Waals surface area contributed by atoms with Gasteiger partial charge in [-0.05, 0) is 12.1 Å². The molecule has 1 saturated heterocycles. The fraction of sp³-hybridized carbons (Fsp3) is 0.400. The molecule has 1 aliphatic heterocycles. The molecule has 0 bridgehead atoms. The predicted octanol–water partition coefficient (Wildman–Crippen LogP) is 1.20. The predicted molar refractivity (Wildman–Crippen MR) is 80.3 cm³/mol. The van der Waals surface area contributed by atoms with Gasteiger partial charge in [0.2, 0.25) is 5.88 Å². The molecule has 6 heteroatoms. The first-order valence-corrected chi connectivity index (χ1v) is 7.08. The summed E-state index contributed by atoms with van der Waals surface area (Å²) >= 11 is 0. The summed E-state index contributed by atoms with van der Waals surface area (Å²) in [6.07, 6.45) is 3.40. The number of ether oxygens (including phenoxy) is 1. The summed E-state index contributed by atoms with van der Waals surface area (Å²) in [5.74, 6) is 1.54. The molecule has 0 radical (unpaired) electrons. The maximum absolute atomic E-state index is 5.15. The lowest BCUT2D eigenvalue weighted by Gasteiger charge is -2.35. The fourth-order valence-electron chi connectivity index (χ4n) is 2.47. The minimum absolute atomic E-state index is 0.607. The zero-order valence-electron chi connectivity index (χ0n) is 12.1. The van der Waals surface area contributed by atoms with E-state index in [1.807, 2.05) is 24.4 Å². The van der Waals surface area contributed by atoms with Crippen LogP contribution in [-0.4, -0.2) is 53.1 Å². The summed E-state index contributed by atoms with van der Waals surface area (Å²) in [5.41, 5.74) is 1.12. The molecular formula is C15H19N5O. The van der Waals surface area contributed by atoms with E-state index in [2.05, 4.69) is 30.8 Å². The second kappa shape index (κ2) is 6.49. The number of piperazine rings is 1. The van der Waals surface area contributed by atoms with Gasteiger partial charge in [0.1, 0.15) is 12.1 Å². The van der Waals surface area contributed by atoms with Gasteiger partial charge in [0.15, 0.2) is 0 Å². The first kappa shape index (κ1) is 13.8. The molecule has 21 heavy (non-hydrogen) atoms. The number of nitrogens with zero attached hydrogens (tertiary/aromatic N) is 5. The van der Waals surface area contributed by atoms with E-state index in [9.17, 15) is 0 Å². The first-order valence-electron chi connectivity index (χ1n) is 7.08. The van der Waals surface area contributed by atoms with Gasteiger partial charge >= 0.3 is 0 Å². The quantitative estimate of drug-likeness (QED) is 0.841. The molecule has 0 N–H and O–H groups in total. The molecule has 0 aliphatic carbocycles. The standard InChI is InChI=1S/C15H19N5O/c1-21-15-10-14(17-12-18-15)20-8-6-19(7-9-20)11-13-4-2-3-5-16-13/h2-5,10,12H,6-9,11H2,1H3. The van der Waals surface area contributed by atoms with Crippen LogP contribution in [0.15, 0.2) is 36.8 Å². The maximum atomic E-state index is 5.15. The summed E-state index contributed by atoms with van der Waals surface area (Å²) in [4.78, 5) is 17.4. The highest BCUT2D eigenvalue weighted by molar-refractivity contribution is 5.41. The summed E-state index contributed by atoms with van der Waals surface area (Å²) in [6, 6.07) is 7.94.